The van der Waals surface area contributed by atoms with Crippen molar-refractivity contribution in [3.63, 3.8) is 0 Å². The molecular weight excluding hydrogens is 208 g/mol. The Bertz CT molecular complexity index is 329. The highest BCUT2D eigenvalue weighted by atomic mass is 32.1. The molecule has 1 unspecified atom stereocenters. The fourth-order valence-corrected chi connectivity index (χ4v) is 2.73. The quantitative estimate of drug-likeness (QED) is 0.857. The van der Waals surface area contributed by atoms with Gasteiger partial charge in [0.25, 0.3) is 0 Å². The van der Waals surface area contributed by atoms with Crippen molar-refractivity contribution in [2.75, 3.05) is 20.3 Å². The van der Waals surface area contributed by atoms with Gasteiger partial charge < -0.3 is 10.1 Å². The lowest BCUT2D eigenvalue weighted by atomic mass is 10.0. The van der Waals surface area contributed by atoms with Crippen molar-refractivity contribution in [3.05, 3.63) is 16.1 Å². The third kappa shape index (κ3) is 2.22. The van der Waals surface area contributed by atoms with Crippen molar-refractivity contribution in [3.8, 4) is 0 Å². The van der Waals surface area contributed by atoms with Crippen molar-refractivity contribution in [1.29, 1.82) is 0 Å². The molecule has 0 amide bonds. The van der Waals surface area contributed by atoms with E-state index in [-0.39, 0.29) is 5.54 Å². The first-order valence-electron chi connectivity index (χ1n) is 5.36. The molecule has 0 radical (unpaired) electrons. The number of hydrogen-bond acceptors (Lipinski definition) is 4. The zero-order valence-corrected chi connectivity index (χ0v) is 10.4. The van der Waals surface area contributed by atoms with Crippen molar-refractivity contribution in [2.24, 2.45) is 0 Å². The molecule has 84 valence electrons. The van der Waals surface area contributed by atoms with Gasteiger partial charge in [0.05, 0.1) is 22.8 Å². The second-order valence-corrected chi connectivity index (χ2v) is 5.40. The van der Waals surface area contributed by atoms with E-state index in [1.807, 2.05) is 7.05 Å². The average Bonchev–Trinajstić information content (AvgIpc) is 2.88. The average molecular weight is 226 g/mol. The fourth-order valence-electron chi connectivity index (χ4n) is 1.62. The maximum atomic E-state index is 5.38. The fraction of sp³-hybridized carbons (Fsp3) is 0.727. The van der Waals surface area contributed by atoms with Gasteiger partial charge in [-0.25, -0.2) is 4.98 Å². The summed E-state index contributed by atoms with van der Waals surface area (Å²) in [5.41, 5.74) is 1.10. The van der Waals surface area contributed by atoms with E-state index in [1.165, 1.54) is 5.01 Å². The van der Waals surface area contributed by atoms with E-state index in [9.17, 15) is 0 Å². The number of rotatable bonds is 3. The minimum Gasteiger partial charge on any atom is -0.381 e. The van der Waals surface area contributed by atoms with Gasteiger partial charge in [0, 0.05) is 17.9 Å². The number of nitrogens with zero attached hydrogens (tertiary/aromatic N) is 1. The summed E-state index contributed by atoms with van der Waals surface area (Å²) in [7, 11) is 1.97. The second kappa shape index (κ2) is 4.20. The molecule has 1 atom stereocenters. The second-order valence-electron chi connectivity index (χ2n) is 4.51. The van der Waals surface area contributed by atoms with Gasteiger partial charge in [-0.05, 0) is 27.3 Å². The van der Waals surface area contributed by atoms with Crippen LogP contribution < -0.4 is 5.32 Å². The third-order valence-electron chi connectivity index (χ3n) is 3.07. The van der Waals surface area contributed by atoms with Gasteiger partial charge in [0.2, 0.25) is 0 Å². The molecule has 0 bridgehead atoms. The first-order valence-corrected chi connectivity index (χ1v) is 6.24. The first-order chi connectivity index (χ1) is 7.13. The van der Waals surface area contributed by atoms with Crippen LogP contribution in [0.1, 0.15) is 36.9 Å². The zero-order chi connectivity index (χ0) is 10.9. The monoisotopic (exact) mass is 226 g/mol. The van der Waals surface area contributed by atoms with Crippen LogP contribution in [0.5, 0.6) is 0 Å². The predicted octanol–water partition coefficient (Wildman–Crippen LogP) is 2.10. The Morgan fingerprint density at radius 2 is 2.40 bits per heavy atom. The van der Waals surface area contributed by atoms with Crippen LogP contribution >= 0.6 is 11.3 Å². The van der Waals surface area contributed by atoms with Crippen molar-refractivity contribution in [2.45, 2.75) is 31.7 Å². The molecule has 1 N–H and O–H groups in total. The lowest BCUT2D eigenvalue weighted by Crippen LogP contribution is -2.33. The molecule has 1 aromatic heterocycles. The molecule has 2 rings (SSSR count). The van der Waals surface area contributed by atoms with E-state index in [2.05, 4.69) is 24.5 Å². The van der Waals surface area contributed by atoms with E-state index in [4.69, 9.17) is 9.72 Å². The number of aromatic nitrogens is 1. The molecule has 0 saturated carbocycles. The summed E-state index contributed by atoms with van der Waals surface area (Å²) in [6, 6.07) is 0. The van der Waals surface area contributed by atoms with Gasteiger partial charge in [0.15, 0.2) is 0 Å². The summed E-state index contributed by atoms with van der Waals surface area (Å²) in [5.74, 6) is 0.524. The molecule has 0 aliphatic carbocycles. The lowest BCUT2D eigenvalue weighted by molar-refractivity contribution is 0.194. The maximum Gasteiger partial charge on any atom is 0.0984 e. The number of thiazole rings is 1. The van der Waals surface area contributed by atoms with Gasteiger partial charge in [-0.15, -0.1) is 11.3 Å². The van der Waals surface area contributed by atoms with Crippen LogP contribution in [-0.4, -0.2) is 25.2 Å². The van der Waals surface area contributed by atoms with E-state index in [0.29, 0.717) is 5.92 Å². The highest BCUT2D eigenvalue weighted by molar-refractivity contribution is 7.09. The molecule has 3 nitrogen and oxygen atoms in total. The molecular formula is C11H18N2OS. The van der Waals surface area contributed by atoms with Crippen LogP contribution in [0.4, 0.5) is 0 Å². The van der Waals surface area contributed by atoms with E-state index < -0.39 is 0 Å². The molecule has 1 fully saturated rings. The van der Waals surface area contributed by atoms with Gasteiger partial charge in [-0.2, -0.15) is 0 Å². The Morgan fingerprint density at radius 1 is 1.60 bits per heavy atom. The maximum absolute atomic E-state index is 5.38. The number of hydrogen-bond donors (Lipinski definition) is 1. The smallest absolute Gasteiger partial charge is 0.0984 e. The van der Waals surface area contributed by atoms with Crippen LogP contribution in [0.2, 0.25) is 0 Å². The summed E-state index contributed by atoms with van der Waals surface area (Å²) in [6.45, 7) is 6.02. The predicted molar refractivity (Wildman–Crippen MR) is 62.4 cm³/mol. The molecule has 15 heavy (non-hydrogen) atoms. The van der Waals surface area contributed by atoms with Crippen LogP contribution in [0.15, 0.2) is 5.38 Å². The minimum absolute atomic E-state index is 0.0335. The molecule has 4 heteroatoms. The van der Waals surface area contributed by atoms with Crippen LogP contribution in [-0.2, 0) is 10.3 Å². The summed E-state index contributed by atoms with van der Waals surface area (Å²) in [4.78, 5) is 4.71. The number of ether oxygens (including phenoxy) is 1. The minimum atomic E-state index is -0.0335. The molecule has 0 aromatic carbocycles. The molecule has 1 aliphatic rings. The van der Waals surface area contributed by atoms with Crippen molar-refractivity contribution >= 4 is 11.3 Å². The molecule has 2 heterocycles. The largest absolute Gasteiger partial charge is 0.381 e. The van der Waals surface area contributed by atoms with Crippen LogP contribution in [0, 0.1) is 0 Å². The van der Waals surface area contributed by atoms with Gasteiger partial charge in [0.1, 0.15) is 0 Å². The molecule has 1 saturated heterocycles. The van der Waals surface area contributed by atoms with E-state index >= 15 is 0 Å². The highest BCUT2D eigenvalue weighted by Gasteiger charge is 2.25. The highest BCUT2D eigenvalue weighted by Crippen LogP contribution is 2.30. The summed E-state index contributed by atoms with van der Waals surface area (Å²) in [6.07, 6.45) is 1.12. The Labute approximate surface area is 94.9 Å². The number of nitrogens with one attached hydrogen (secondary N) is 1. The van der Waals surface area contributed by atoms with Crippen molar-refractivity contribution < 1.29 is 4.74 Å². The Morgan fingerprint density at radius 3 is 3.00 bits per heavy atom. The molecule has 0 spiro atoms. The Kier molecular flexibility index (Phi) is 3.09. The van der Waals surface area contributed by atoms with Crippen molar-refractivity contribution in [1.82, 2.24) is 10.3 Å². The van der Waals surface area contributed by atoms with E-state index in [1.54, 1.807) is 11.3 Å². The van der Waals surface area contributed by atoms with Crippen LogP contribution in [0.25, 0.3) is 0 Å². The van der Waals surface area contributed by atoms with E-state index in [0.717, 1.165) is 25.3 Å². The summed E-state index contributed by atoms with van der Waals surface area (Å²) < 4.78 is 5.38. The molecule has 1 aliphatic heterocycles. The van der Waals surface area contributed by atoms with Gasteiger partial charge >= 0.3 is 0 Å². The topological polar surface area (TPSA) is 34.1 Å². The Balaban J connectivity index is 2.16. The SMILES string of the molecule is CNC(C)(C)c1csc(C2CCOC2)n1. The summed E-state index contributed by atoms with van der Waals surface area (Å²) >= 11 is 1.76. The van der Waals surface area contributed by atoms with Gasteiger partial charge in [-0.1, -0.05) is 0 Å². The van der Waals surface area contributed by atoms with Gasteiger partial charge in [-0.3, -0.25) is 0 Å². The standard InChI is InChI=1S/C11H18N2OS/c1-11(2,12-3)9-7-15-10(13-9)8-4-5-14-6-8/h7-8,12H,4-6H2,1-3H3. The first kappa shape index (κ1) is 11.0. The zero-order valence-electron chi connectivity index (χ0n) is 9.54. The lowest BCUT2D eigenvalue weighted by Gasteiger charge is -2.21. The summed E-state index contributed by atoms with van der Waals surface area (Å²) in [5, 5.41) is 6.66. The normalized spacial score (nSPS) is 22.2. The van der Waals surface area contributed by atoms with Crippen LogP contribution in [0.3, 0.4) is 0 Å². The molecule has 1 aromatic rings. The third-order valence-corrected chi connectivity index (χ3v) is 4.07. The Hall–Kier alpha value is -0.450.